The highest BCUT2D eigenvalue weighted by molar-refractivity contribution is 7.85. The van der Waals surface area contributed by atoms with Crippen molar-refractivity contribution in [3.63, 3.8) is 0 Å². The number of hydrogen-bond acceptors (Lipinski definition) is 3. The van der Waals surface area contributed by atoms with Gasteiger partial charge in [0.1, 0.15) is 5.40 Å². The molecule has 0 heterocycles. The molecule has 3 heteroatoms. The molecule has 2 N–H and O–H groups in total. The van der Waals surface area contributed by atoms with Gasteiger partial charge in [-0.2, -0.15) is 5.26 Å². The molecule has 0 aliphatic carbocycles. The lowest BCUT2D eigenvalue weighted by Crippen LogP contribution is -2.40. The van der Waals surface area contributed by atoms with Crippen LogP contribution in [0.2, 0.25) is 0 Å². The third kappa shape index (κ3) is 9.88. The summed E-state index contributed by atoms with van der Waals surface area (Å²) in [5, 5.41) is 8.63. The van der Waals surface area contributed by atoms with Crippen LogP contribution in [0.1, 0.15) is 53.4 Å². The van der Waals surface area contributed by atoms with Gasteiger partial charge in [-0.3, -0.25) is 0 Å². The van der Waals surface area contributed by atoms with Gasteiger partial charge in [0.15, 0.2) is 0 Å². The molecule has 0 rings (SSSR count). The number of thiocyanates is 1. The van der Waals surface area contributed by atoms with Crippen LogP contribution in [0.15, 0.2) is 0 Å². The van der Waals surface area contributed by atoms with E-state index < -0.39 is 0 Å². The van der Waals surface area contributed by atoms with E-state index >= 15 is 0 Å². The van der Waals surface area contributed by atoms with Crippen LogP contribution in [0.5, 0.6) is 0 Å². The molecule has 0 radical (unpaired) electrons. The van der Waals surface area contributed by atoms with Crippen LogP contribution in [0.3, 0.4) is 0 Å². The lowest BCUT2D eigenvalue weighted by atomic mass is 9.83. The maximum Gasteiger partial charge on any atom is 0.130 e. The van der Waals surface area contributed by atoms with Crippen molar-refractivity contribution >= 4 is 12.6 Å². The minimum Gasteiger partial charge on any atom is -0.325 e. The highest BCUT2D eigenvalue weighted by Gasteiger charge is 2.22. The molecule has 0 aliphatic heterocycles. The van der Waals surface area contributed by atoms with Crippen LogP contribution in [0.25, 0.3) is 0 Å². The van der Waals surface area contributed by atoms with Crippen LogP contribution in [-0.2, 0) is 0 Å². The highest BCUT2D eigenvalue weighted by atomic mass is 32.1. The Morgan fingerprint density at radius 1 is 1.43 bits per heavy atom. The first-order valence-corrected chi connectivity index (χ1v) is 5.70. The van der Waals surface area contributed by atoms with Crippen molar-refractivity contribution in [1.82, 2.24) is 0 Å². The number of rotatable bonds is 5. The molecule has 0 bridgehead atoms. The molecule has 0 fully saturated rings. The van der Waals surface area contributed by atoms with E-state index in [0.29, 0.717) is 5.92 Å². The third-order valence-corrected chi connectivity index (χ3v) is 2.45. The van der Waals surface area contributed by atoms with Crippen molar-refractivity contribution < 1.29 is 0 Å². The second kappa shape index (κ2) is 9.36. The summed E-state index contributed by atoms with van der Waals surface area (Å²) >= 11 is 3.09. The van der Waals surface area contributed by atoms with E-state index in [9.17, 15) is 0 Å². The van der Waals surface area contributed by atoms with E-state index in [0.717, 1.165) is 0 Å². The summed E-state index contributed by atoms with van der Waals surface area (Å²) in [6.45, 7) is 8.73. The minimum absolute atomic E-state index is 0.0178. The largest absolute Gasteiger partial charge is 0.325 e. The number of nitrogens with two attached hydrogens (primary N) is 1. The molecule has 0 aliphatic rings. The van der Waals surface area contributed by atoms with E-state index in [1.54, 1.807) is 0 Å². The van der Waals surface area contributed by atoms with E-state index in [4.69, 9.17) is 11.0 Å². The van der Waals surface area contributed by atoms with Gasteiger partial charge < -0.3 is 5.73 Å². The summed E-state index contributed by atoms with van der Waals surface area (Å²) < 4.78 is 0. The van der Waals surface area contributed by atoms with Crippen molar-refractivity contribution in [3.05, 3.63) is 0 Å². The summed E-state index contributed by atoms with van der Waals surface area (Å²) in [6, 6.07) is 0. The fourth-order valence-electron chi connectivity index (χ4n) is 1.55. The van der Waals surface area contributed by atoms with Gasteiger partial charge in [-0.05, 0) is 26.2 Å². The van der Waals surface area contributed by atoms with E-state index in [1.807, 2.05) is 0 Å². The van der Waals surface area contributed by atoms with Crippen molar-refractivity contribution in [2.45, 2.75) is 58.9 Å². The molecule has 0 saturated carbocycles. The number of thiol groups is 1. The normalized spacial score (nSPS) is 12.4. The van der Waals surface area contributed by atoms with Crippen molar-refractivity contribution in [3.8, 4) is 5.40 Å². The van der Waals surface area contributed by atoms with Crippen LogP contribution in [-0.4, -0.2) is 5.54 Å². The average molecular weight is 216 g/mol. The van der Waals surface area contributed by atoms with E-state index in [1.165, 1.54) is 31.1 Å². The van der Waals surface area contributed by atoms with E-state index in [-0.39, 0.29) is 5.54 Å². The van der Waals surface area contributed by atoms with Gasteiger partial charge in [0, 0.05) is 5.54 Å². The molecule has 1 unspecified atom stereocenters. The molecule has 84 valence electrons. The van der Waals surface area contributed by atoms with Crippen molar-refractivity contribution in [2.24, 2.45) is 11.7 Å². The number of hydrogen-bond donors (Lipinski definition) is 2. The molecule has 0 spiro atoms. The standard InChI is InChI=1S/C10H23N.CHNS/c1-5-7-8-9(6-2)10(3,4)11;2-1-3/h9H,5-8,11H2,1-4H3;3H. The molecule has 0 amide bonds. The van der Waals surface area contributed by atoms with Gasteiger partial charge in [-0.15, -0.1) is 0 Å². The summed E-state index contributed by atoms with van der Waals surface area (Å²) in [5.41, 5.74) is 6.05. The number of unbranched alkanes of at least 4 members (excludes halogenated alkanes) is 1. The molecule has 0 aromatic rings. The predicted molar refractivity (Wildman–Crippen MR) is 66.2 cm³/mol. The molecule has 14 heavy (non-hydrogen) atoms. The van der Waals surface area contributed by atoms with Crippen LogP contribution < -0.4 is 5.73 Å². The molecule has 0 saturated heterocycles. The summed E-state index contributed by atoms with van der Waals surface area (Å²) in [6.07, 6.45) is 5.10. The quantitative estimate of drug-likeness (QED) is 0.547. The van der Waals surface area contributed by atoms with Crippen LogP contribution >= 0.6 is 12.6 Å². The van der Waals surface area contributed by atoms with Gasteiger partial charge in [0.05, 0.1) is 0 Å². The first-order valence-electron chi connectivity index (χ1n) is 5.26. The first kappa shape index (κ1) is 16.2. The third-order valence-electron chi connectivity index (χ3n) is 2.45. The van der Waals surface area contributed by atoms with Gasteiger partial charge in [-0.25, -0.2) is 0 Å². The Morgan fingerprint density at radius 3 is 2.07 bits per heavy atom. The van der Waals surface area contributed by atoms with Gasteiger partial charge in [-0.1, -0.05) is 45.7 Å². The lowest BCUT2D eigenvalue weighted by Gasteiger charge is -2.29. The van der Waals surface area contributed by atoms with E-state index in [2.05, 4.69) is 40.3 Å². The smallest absolute Gasteiger partial charge is 0.130 e. The Morgan fingerprint density at radius 2 is 1.86 bits per heavy atom. The summed E-state index contributed by atoms with van der Waals surface area (Å²) in [5.74, 6) is 0.697. The number of nitrogens with zero attached hydrogens (tertiary/aromatic N) is 1. The zero-order valence-corrected chi connectivity index (χ0v) is 10.8. The summed E-state index contributed by atoms with van der Waals surface area (Å²) in [7, 11) is 0. The Kier molecular flexibility index (Phi) is 10.9. The molecule has 1 atom stereocenters. The Balaban J connectivity index is 0. The lowest BCUT2D eigenvalue weighted by molar-refractivity contribution is 0.286. The fraction of sp³-hybridized carbons (Fsp3) is 0.909. The zero-order chi connectivity index (χ0) is 11.6. The first-order chi connectivity index (χ1) is 6.43. The SMILES string of the molecule is CCCCC(CC)C(C)(C)N.N#CS. The van der Waals surface area contributed by atoms with Crippen LogP contribution in [0.4, 0.5) is 0 Å². The highest BCUT2D eigenvalue weighted by Crippen LogP contribution is 2.22. The molecule has 0 aromatic heterocycles. The van der Waals surface area contributed by atoms with Crippen molar-refractivity contribution in [1.29, 1.82) is 5.26 Å². The zero-order valence-electron chi connectivity index (χ0n) is 9.88. The second-order valence-corrected chi connectivity index (χ2v) is 4.37. The van der Waals surface area contributed by atoms with Gasteiger partial charge >= 0.3 is 0 Å². The predicted octanol–water partition coefficient (Wildman–Crippen LogP) is 3.34. The van der Waals surface area contributed by atoms with Gasteiger partial charge in [0.25, 0.3) is 0 Å². The van der Waals surface area contributed by atoms with Gasteiger partial charge in [0.2, 0.25) is 0 Å². The number of nitriles is 1. The van der Waals surface area contributed by atoms with Crippen molar-refractivity contribution in [2.75, 3.05) is 0 Å². The maximum atomic E-state index is 7.18. The monoisotopic (exact) mass is 216 g/mol. The maximum absolute atomic E-state index is 7.18. The molecular formula is C11H24N2S. The Bertz CT molecular complexity index is 156. The summed E-state index contributed by atoms with van der Waals surface area (Å²) in [4.78, 5) is 0. The topological polar surface area (TPSA) is 49.8 Å². The Labute approximate surface area is 94.3 Å². The molecule has 0 aromatic carbocycles. The molecule has 2 nitrogen and oxygen atoms in total. The average Bonchev–Trinajstić information content (AvgIpc) is 2.05. The van der Waals surface area contributed by atoms with Crippen LogP contribution in [0, 0.1) is 16.6 Å². The fourth-order valence-corrected chi connectivity index (χ4v) is 1.55. The second-order valence-electron chi connectivity index (χ2n) is 4.17. The molecular weight excluding hydrogens is 192 g/mol. The minimum atomic E-state index is 0.0178. The Hall–Kier alpha value is -0.200.